The van der Waals surface area contributed by atoms with Gasteiger partial charge in [0, 0.05) is 37.8 Å². The number of piperazine rings is 1. The normalized spacial score (nSPS) is 18.2. The first-order chi connectivity index (χ1) is 9.24. The Labute approximate surface area is 119 Å². The summed E-state index contributed by atoms with van der Waals surface area (Å²) >= 11 is 6.03. The number of halogens is 1. The van der Waals surface area contributed by atoms with Crippen LogP contribution in [0.1, 0.15) is 24.4 Å². The first-order valence-electron chi connectivity index (χ1n) is 6.77. The fourth-order valence-electron chi connectivity index (χ4n) is 2.61. The van der Waals surface area contributed by atoms with E-state index in [-0.39, 0.29) is 11.8 Å². The summed E-state index contributed by atoms with van der Waals surface area (Å²) in [6.45, 7) is 7.76. The van der Waals surface area contributed by atoms with Crippen LogP contribution in [-0.4, -0.2) is 36.2 Å². The van der Waals surface area contributed by atoms with Crippen LogP contribution in [0.2, 0.25) is 5.02 Å². The zero-order chi connectivity index (χ0) is 13.7. The maximum absolute atomic E-state index is 10.2. The maximum Gasteiger partial charge on any atom is 0.138 e. The van der Waals surface area contributed by atoms with Crippen molar-refractivity contribution in [3.8, 4) is 5.75 Å². The third-order valence-electron chi connectivity index (χ3n) is 3.61. The minimum atomic E-state index is 0.207. The topological polar surface area (TPSA) is 35.5 Å². The third-order valence-corrected chi connectivity index (χ3v) is 3.92. The zero-order valence-electron chi connectivity index (χ0n) is 11.1. The first kappa shape index (κ1) is 14.4. The standard InChI is InChI=1S/C15H21ClN2O/c1-2-3-7-14(18-10-8-17-9-11-18)12-5-4-6-13(16)15(12)19/h2,4-6,14,17,19H,1,3,7-11H2/t14-/m0/s1. The van der Waals surface area contributed by atoms with Crippen molar-refractivity contribution in [1.29, 1.82) is 0 Å². The highest BCUT2D eigenvalue weighted by molar-refractivity contribution is 6.32. The van der Waals surface area contributed by atoms with E-state index in [1.54, 1.807) is 6.07 Å². The van der Waals surface area contributed by atoms with Gasteiger partial charge in [0.25, 0.3) is 0 Å². The number of nitrogens with one attached hydrogen (secondary N) is 1. The van der Waals surface area contributed by atoms with Gasteiger partial charge in [-0.3, -0.25) is 4.90 Å². The third kappa shape index (κ3) is 3.50. The number of allylic oxidation sites excluding steroid dienone is 1. The minimum absolute atomic E-state index is 0.207. The van der Waals surface area contributed by atoms with Gasteiger partial charge in [-0.25, -0.2) is 0 Å². The molecule has 1 fully saturated rings. The molecule has 3 nitrogen and oxygen atoms in total. The molecule has 0 spiro atoms. The number of hydrogen-bond donors (Lipinski definition) is 2. The smallest absolute Gasteiger partial charge is 0.138 e. The van der Waals surface area contributed by atoms with E-state index in [0.717, 1.165) is 44.6 Å². The Balaban J connectivity index is 2.24. The molecule has 0 saturated carbocycles. The second kappa shape index (κ2) is 6.94. The van der Waals surface area contributed by atoms with E-state index in [0.29, 0.717) is 5.02 Å². The first-order valence-corrected chi connectivity index (χ1v) is 7.15. The lowest BCUT2D eigenvalue weighted by molar-refractivity contribution is 0.163. The molecule has 1 aromatic carbocycles. The molecule has 0 aromatic heterocycles. The van der Waals surface area contributed by atoms with Gasteiger partial charge < -0.3 is 10.4 Å². The molecule has 0 radical (unpaired) electrons. The summed E-state index contributed by atoms with van der Waals surface area (Å²) in [5, 5.41) is 14.0. The van der Waals surface area contributed by atoms with Crippen molar-refractivity contribution >= 4 is 11.6 Å². The number of hydrogen-bond acceptors (Lipinski definition) is 3. The molecule has 1 atom stereocenters. The van der Waals surface area contributed by atoms with Crippen molar-refractivity contribution in [2.75, 3.05) is 26.2 Å². The SMILES string of the molecule is C=CCC[C@@H](c1cccc(Cl)c1O)N1CCNCC1. The van der Waals surface area contributed by atoms with Crippen molar-refractivity contribution < 1.29 is 5.11 Å². The fraction of sp³-hybridized carbons (Fsp3) is 0.467. The zero-order valence-corrected chi connectivity index (χ0v) is 11.9. The summed E-state index contributed by atoms with van der Waals surface area (Å²) in [6.07, 6.45) is 3.81. The quantitative estimate of drug-likeness (QED) is 0.814. The fourth-order valence-corrected chi connectivity index (χ4v) is 2.79. The Hall–Kier alpha value is -1.03. The van der Waals surface area contributed by atoms with Crippen molar-refractivity contribution in [2.45, 2.75) is 18.9 Å². The number of benzene rings is 1. The average molecular weight is 281 g/mol. The van der Waals surface area contributed by atoms with Gasteiger partial charge in [-0.1, -0.05) is 29.8 Å². The summed E-state index contributed by atoms with van der Waals surface area (Å²) in [5.41, 5.74) is 0.927. The molecule has 104 valence electrons. The number of aromatic hydroxyl groups is 1. The highest BCUT2D eigenvalue weighted by Gasteiger charge is 2.24. The van der Waals surface area contributed by atoms with Crippen LogP contribution in [-0.2, 0) is 0 Å². The van der Waals surface area contributed by atoms with Crippen LogP contribution >= 0.6 is 11.6 Å². The summed E-state index contributed by atoms with van der Waals surface area (Å²) < 4.78 is 0. The van der Waals surface area contributed by atoms with Crippen molar-refractivity contribution in [3.63, 3.8) is 0 Å². The van der Waals surface area contributed by atoms with Crippen LogP contribution in [0.5, 0.6) is 5.75 Å². The van der Waals surface area contributed by atoms with Crippen LogP contribution in [0.3, 0.4) is 0 Å². The molecule has 1 heterocycles. The van der Waals surface area contributed by atoms with Gasteiger partial charge in [0.15, 0.2) is 0 Å². The van der Waals surface area contributed by atoms with Gasteiger partial charge in [-0.15, -0.1) is 6.58 Å². The predicted molar refractivity (Wildman–Crippen MR) is 79.7 cm³/mol. The van der Waals surface area contributed by atoms with Crippen LogP contribution in [0, 0.1) is 0 Å². The molecule has 1 aliphatic heterocycles. The van der Waals surface area contributed by atoms with Crippen molar-refractivity contribution in [3.05, 3.63) is 41.4 Å². The Kier molecular flexibility index (Phi) is 5.25. The molecule has 4 heteroatoms. The molecule has 0 unspecified atom stereocenters. The summed E-state index contributed by atoms with van der Waals surface area (Å²) in [5.74, 6) is 0.219. The molecule has 1 saturated heterocycles. The van der Waals surface area contributed by atoms with E-state index in [2.05, 4.69) is 16.8 Å². The summed E-state index contributed by atoms with van der Waals surface area (Å²) in [6, 6.07) is 5.80. The van der Waals surface area contributed by atoms with Crippen LogP contribution < -0.4 is 5.32 Å². The molecule has 1 aliphatic rings. The maximum atomic E-state index is 10.2. The van der Waals surface area contributed by atoms with Crippen LogP contribution in [0.25, 0.3) is 0 Å². The summed E-state index contributed by atoms with van der Waals surface area (Å²) in [4.78, 5) is 2.41. The van der Waals surface area contributed by atoms with E-state index in [9.17, 15) is 5.11 Å². The number of nitrogens with zero attached hydrogens (tertiary/aromatic N) is 1. The largest absolute Gasteiger partial charge is 0.506 e. The summed E-state index contributed by atoms with van der Waals surface area (Å²) in [7, 11) is 0. The average Bonchev–Trinajstić information content (AvgIpc) is 2.45. The molecular weight excluding hydrogens is 260 g/mol. The van der Waals surface area contributed by atoms with Gasteiger partial charge in [0.05, 0.1) is 5.02 Å². The van der Waals surface area contributed by atoms with Crippen LogP contribution in [0.15, 0.2) is 30.9 Å². The molecule has 2 N–H and O–H groups in total. The van der Waals surface area contributed by atoms with Gasteiger partial charge in [0.1, 0.15) is 5.75 Å². The Bertz CT molecular complexity index is 430. The Morgan fingerprint density at radius 2 is 2.16 bits per heavy atom. The lowest BCUT2D eigenvalue weighted by atomic mass is 9.98. The second-order valence-corrected chi connectivity index (χ2v) is 5.25. The number of phenols is 1. The van der Waals surface area contributed by atoms with E-state index in [1.807, 2.05) is 18.2 Å². The van der Waals surface area contributed by atoms with Gasteiger partial charge in [0.2, 0.25) is 0 Å². The molecule has 2 rings (SSSR count). The van der Waals surface area contributed by atoms with Gasteiger partial charge in [-0.2, -0.15) is 0 Å². The molecule has 1 aromatic rings. The second-order valence-electron chi connectivity index (χ2n) is 4.85. The van der Waals surface area contributed by atoms with Gasteiger partial charge >= 0.3 is 0 Å². The number of rotatable bonds is 5. The molecular formula is C15H21ClN2O. The van der Waals surface area contributed by atoms with E-state index < -0.39 is 0 Å². The van der Waals surface area contributed by atoms with Crippen LogP contribution in [0.4, 0.5) is 0 Å². The lowest BCUT2D eigenvalue weighted by Gasteiger charge is -2.35. The Morgan fingerprint density at radius 1 is 1.42 bits per heavy atom. The lowest BCUT2D eigenvalue weighted by Crippen LogP contribution is -2.45. The molecule has 0 aliphatic carbocycles. The van der Waals surface area contributed by atoms with E-state index in [1.165, 1.54) is 0 Å². The Morgan fingerprint density at radius 3 is 2.84 bits per heavy atom. The van der Waals surface area contributed by atoms with Crippen molar-refractivity contribution in [1.82, 2.24) is 10.2 Å². The van der Waals surface area contributed by atoms with Gasteiger partial charge in [-0.05, 0) is 18.9 Å². The predicted octanol–water partition coefficient (Wildman–Crippen LogP) is 2.96. The number of phenolic OH excluding ortho intramolecular Hbond substituents is 1. The molecule has 0 bridgehead atoms. The highest BCUT2D eigenvalue weighted by atomic mass is 35.5. The monoisotopic (exact) mass is 280 g/mol. The van der Waals surface area contributed by atoms with E-state index >= 15 is 0 Å². The molecule has 0 amide bonds. The minimum Gasteiger partial charge on any atom is -0.506 e. The van der Waals surface area contributed by atoms with Crippen molar-refractivity contribution in [2.24, 2.45) is 0 Å². The molecule has 19 heavy (non-hydrogen) atoms. The number of para-hydroxylation sites is 1. The van der Waals surface area contributed by atoms with E-state index in [4.69, 9.17) is 11.6 Å². The highest BCUT2D eigenvalue weighted by Crippen LogP contribution is 2.36.